The van der Waals surface area contributed by atoms with E-state index in [9.17, 15) is 4.79 Å². The normalized spacial score (nSPS) is 22.1. The zero-order chi connectivity index (χ0) is 21.2. The molecule has 0 bridgehead atoms. The molecule has 8 heteroatoms. The molecule has 2 aliphatic heterocycles. The third-order valence-electron chi connectivity index (χ3n) is 6.84. The quantitative estimate of drug-likeness (QED) is 0.524. The first-order valence-electron chi connectivity index (χ1n) is 10.5. The van der Waals surface area contributed by atoms with Crippen LogP contribution in [0.15, 0.2) is 18.3 Å². The number of likely N-dealkylation sites (tertiary alicyclic amines) is 1. The van der Waals surface area contributed by atoms with Gasteiger partial charge in [0.15, 0.2) is 0 Å². The second-order valence-electron chi connectivity index (χ2n) is 9.03. The molecule has 0 saturated carbocycles. The third-order valence-corrected chi connectivity index (χ3v) is 6.84. The van der Waals surface area contributed by atoms with Gasteiger partial charge in [-0.15, -0.1) is 0 Å². The molecule has 3 heterocycles. The van der Waals surface area contributed by atoms with Crippen LogP contribution in [0, 0.1) is 11.3 Å². The van der Waals surface area contributed by atoms with E-state index in [1.54, 1.807) is 17.6 Å². The standard InChI is InChI=1S/C21H34N4O4/c1-4-20(2,3)15-7-10-25(14-15)16-8-11-24(12-9-16)17-5-6-18(22-13-17)19(26)23-21(27,28)29/h5-6,13,15-16,27-29H,4,7-12,14H2,1-3H3,(H,23,26). The summed E-state index contributed by atoms with van der Waals surface area (Å²) in [5.74, 6) is -0.0785. The molecule has 2 fully saturated rings. The molecule has 29 heavy (non-hydrogen) atoms. The fourth-order valence-electron chi connectivity index (χ4n) is 4.46. The van der Waals surface area contributed by atoms with E-state index >= 15 is 0 Å². The summed E-state index contributed by atoms with van der Waals surface area (Å²) in [4.78, 5) is 20.8. The average Bonchev–Trinajstić information content (AvgIpc) is 3.18. The molecule has 8 nitrogen and oxygen atoms in total. The molecule has 1 unspecified atom stereocenters. The fraction of sp³-hybridized carbons (Fsp3) is 0.714. The highest BCUT2D eigenvalue weighted by Gasteiger charge is 2.37. The third kappa shape index (κ3) is 5.45. The molecular formula is C21H34N4O4. The van der Waals surface area contributed by atoms with Gasteiger partial charge in [0.25, 0.3) is 5.91 Å². The number of amides is 1. The van der Waals surface area contributed by atoms with E-state index in [-0.39, 0.29) is 5.69 Å². The van der Waals surface area contributed by atoms with Crippen molar-refractivity contribution in [1.82, 2.24) is 15.2 Å². The van der Waals surface area contributed by atoms with Crippen molar-refractivity contribution in [3.63, 3.8) is 0 Å². The van der Waals surface area contributed by atoms with Gasteiger partial charge < -0.3 is 20.2 Å². The van der Waals surface area contributed by atoms with E-state index in [2.05, 4.69) is 35.6 Å². The Bertz CT molecular complexity index is 694. The van der Waals surface area contributed by atoms with Crippen molar-refractivity contribution in [2.24, 2.45) is 11.3 Å². The molecule has 0 aliphatic carbocycles. The van der Waals surface area contributed by atoms with E-state index in [0.717, 1.165) is 37.5 Å². The minimum atomic E-state index is -3.25. The molecule has 2 saturated heterocycles. The monoisotopic (exact) mass is 406 g/mol. The molecule has 1 aromatic heterocycles. The Balaban J connectivity index is 1.52. The molecule has 1 aromatic rings. The molecule has 0 radical (unpaired) electrons. The Morgan fingerprint density at radius 3 is 2.41 bits per heavy atom. The van der Waals surface area contributed by atoms with Crippen LogP contribution in [0.4, 0.5) is 5.69 Å². The lowest BCUT2D eigenvalue weighted by atomic mass is 9.76. The van der Waals surface area contributed by atoms with Crippen LogP contribution >= 0.6 is 0 Å². The van der Waals surface area contributed by atoms with Crippen molar-refractivity contribution >= 4 is 11.6 Å². The second kappa shape index (κ2) is 8.55. The zero-order valence-corrected chi connectivity index (χ0v) is 17.6. The van der Waals surface area contributed by atoms with Gasteiger partial charge in [0, 0.05) is 25.7 Å². The molecule has 1 amide bonds. The van der Waals surface area contributed by atoms with E-state index in [1.165, 1.54) is 32.0 Å². The first-order chi connectivity index (χ1) is 13.6. The molecule has 4 N–H and O–H groups in total. The molecule has 3 rings (SSSR count). The Morgan fingerprint density at radius 2 is 1.86 bits per heavy atom. The SMILES string of the molecule is CCC(C)(C)C1CCN(C2CCN(c3ccc(C(=O)NC(O)(O)O)nc3)CC2)C1. The van der Waals surface area contributed by atoms with Crippen LogP contribution in [0.3, 0.4) is 0 Å². The van der Waals surface area contributed by atoms with Crippen molar-refractivity contribution < 1.29 is 20.1 Å². The molecular weight excluding hydrogens is 372 g/mol. The van der Waals surface area contributed by atoms with Crippen LogP contribution in [0.2, 0.25) is 0 Å². The van der Waals surface area contributed by atoms with Crippen molar-refractivity contribution in [3.05, 3.63) is 24.0 Å². The van der Waals surface area contributed by atoms with Gasteiger partial charge in [0.1, 0.15) is 5.69 Å². The van der Waals surface area contributed by atoms with Crippen molar-refractivity contribution in [3.8, 4) is 0 Å². The Morgan fingerprint density at radius 1 is 1.17 bits per heavy atom. The second-order valence-corrected chi connectivity index (χ2v) is 9.03. The number of aromatic nitrogens is 1. The number of hydrogen-bond donors (Lipinski definition) is 4. The highest BCUT2D eigenvalue weighted by Crippen LogP contribution is 2.38. The van der Waals surface area contributed by atoms with Gasteiger partial charge in [-0.05, 0) is 49.3 Å². The lowest BCUT2D eigenvalue weighted by molar-refractivity contribution is -0.323. The number of nitrogens with zero attached hydrogens (tertiary/aromatic N) is 3. The van der Waals surface area contributed by atoms with Gasteiger partial charge >= 0.3 is 6.10 Å². The molecule has 2 aliphatic rings. The largest absolute Gasteiger partial charge is 0.370 e. The zero-order valence-electron chi connectivity index (χ0n) is 17.6. The smallest absolute Gasteiger partial charge is 0.369 e. The number of piperidine rings is 1. The number of carbonyl (C=O) groups excluding carboxylic acids is 1. The number of aliphatic hydroxyl groups is 3. The lowest BCUT2D eigenvalue weighted by Gasteiger charge is -2.38. The molecule has 0 spiro atoms. The summed E-state index contributed by atoms with van der Waals surface area (Å²) in [5.41, 5.74) is 1.36. The Labute approximate surface area is 172 Å². The van der Waals surface area contributed by atoms with Gasteiger partial charge in [-0.3, -0.25) is 15.0 Å². The van der Waals surface area contributed by atoms with Gasteiger partial charge in [0.05, 0.1) is 11.9 Å². The number of anilines is 1. The van der Waals surface area contributed by atoms with Crippen molar-refractivity contribution in [1.29, 1.82) is 0 Å². The highest BCUT2D eigenvalue weighted by molar-refractivity contribution is 5.92. The minimum absolute atomic E-state index is 0.00630. The average molecular weight is 407 g/mol. The molecule has 1 atom stereocenters. The van der Waals surface area contributed by atoms with Crippen LogP contribution < -0.4 is 10.2 Å². The summed E-state index contributed by atoms with van der Waals surface area (Å²) in [6, 6.07) is 3.94. The van der Waals surface area contributed by atoms with Crippen LogP contribution in [0.5, 0.6) is 0 Å². The first-order valence-corrected chi connectivity index (χ1v) is 10.5. The summed E-state index contributed by atoms with van der Waals surface area (Å²) in [5, 5.41) is 28.1. The summed E-state index contributed by atoms with van der Waals surface area (Å²) >= 11 is 0. The van der Waals surface area contributed by atoms with Crippen LogP contribution in [0.25, 0.3) is 0 Å². The Hall–Kier alpha value is -1.74. The lowest BCUT2D eigenvalue weighted by Crippen LogP contribution is -2.48. The van der Waals surface area contributed by atoms with Gasteiger partial charge in [0.2, 0.25) is 0 Å². The van der Waals surface area contributed by atoms with E-state index in [0.29, 0.717) is 11.5 Å². The van der Waals surface area contributed by atoms with E-state index < -0.39 is 12.0 Å². The van der Waals surface area contributed by atoms with Crippen molar-refractivity contribution in [2.45, 2.75) is 58.6 Å². The number of nitrogens with one attached hydrogen (secondary N) is 1. The predicted octanol–water partition coefficient (Wildman–Crippen LogP) is 1.13. The maximum atomic E-state index is 11.8. The highest BCUT2D eigenvalue weighted by atomic mass is 16.7. The van der Waals surface area contributed by atoms with E-state index in [1.807, 2.05) is 0 Å². The number of hydrogen-bond acceptors (Lipinski definition) is 7. The first kappa shape index (κ1) is 22.0. The predicted molar refractivity (Wildman–Crippen MR) is 110 cm³/mol. The Kier molecular flexibility index (Phi) is 6.48. The summed E-state index contributed by atoms with van der Waals surface area (Å²) in [7, 11) is 0. The fourth-order valence-corrected chi connectivity index (χ4v) is 4.46. The maximum absolute atomic E-state index is 11.8. The van der Waals surface area contributed by atoms with Crippen LogP contribution in [-0.4, -0.2) is 69.4 Å². The summed E-state index contributed by atoms with van der Waals surface area (Å²) < 4.78 is 0. The van der Waals surface area contributed by atoms with Crippen LogP contribution in [0.1, 0.15) is 56.9 Å². The van der Waals surface area contributed by atoms with Crippen molar-refractivity contribution in [2.75, 3.05) is 31.1 Å². The molecule has 162 valence electrons. The van der Waals surface area contributed by atoms with Gasteiger partial charge in [-0.1, -0.05) is 27.2 Å². The van der Waals surface area contributed by atoms with Crippen LogP contribution in [-0.2, 0) is 0 Å². The number of carbonyl (C=O) groups is 1. The summed E-state index contributed by atoms with van der Waals surface area (Å²) in [6.07, 6.45) is 3.11. The number of rotatable bonds is 6. The number of pyridine rings is 1. The van der Waals surface area contributed by atoms with Gasteiger partial charge in [-0.2, -0.15) is 0 Å². The summed E-state index contributed by atoms with van der Waals surface area (Å²) in [6.45, 7) is 11.4. The van der Waals surface area contributed by atoms with E-state index in [4.69, 9.17) is 15.3 Å². The molecule has 0 aromatic carbocycles. The van der Waals surface area contributed by atoms with Gasteiger partial charge in [-0.25, -0.2) is 4.98 Å². The maximum Gasteiger partial charge on any atom is 0.369 e. The topological polar surface area (TPSA) is 109 Å². The minimum Gasteiger partial charge on any atom is -0.370 e.